The van der Waals surface area contributed by atoms with Crippen LogP contribution in [-0.2, 0) is 0 Å². The molecule has 0 aliphatic carbocycles. The van der Waals surface area contributed by atoms with Crippen LogP contribution in [0.1, 0.15) is 32.0 Å². The number of aromatic nitrogens is 2. The van der Waals surface area contributed by atoms with Gasteiger partial charge in [-0.3, -0.25) is 9.98 Å². The number of halogens is 1. The zero-order valence-corrected chi connectivity index (χ0v) is 13.9. The Morgan fingerprint density at radius 2 is 2.00 bits per heavy atom. The van der Waals surface area contributed by atoms with Gasteiger partial charge in [-0.25, -0.2) is 4.98 Å². The first-order chi connectivity index (χ1) is 10.5. The molecule has 0 radical (unpaired) electrons. The number of hydrogen-bond donors (Lipinski definition) is 1. The quantitative estimate of drug-likeness (QED) is 0.815. The van der Waals surface area contributed by atoms with Crippen LogP contribution < -0.4 is 5.32 Å². The highest BCUT2D eigenvalue weighted by Crippen LogP contribution is 2.24. The summed E-state index contributed by atoms with van der Waals surface area (Å²) in [7, 11) is 0. The van der Waals surface area contributed by atoms with Gasteiger partial charge in [-0.2, -0.15) is 0 Å². The lowest BCUT2D eigenvalue weighted by molar-refractivity contribution is 1.19. The Kier molecular flexibility index (Phi) is 5.28. The molecule has 114 valence electrons. The lowest BCUT2D eigenvalue weighted by atomic mass is 10.2. The van der Waals surface area contributed by atoms with Gasteiger partial charge in [0.2, 0.25) is 0 Å². The molecule has 2 heterocycles. The topological polar surface area (TPSA) is 50.2 Å². The van der Waals surface area contributed by atoms with Crippen LogP contribution in [0.25, 0.3) is 0 Å². The third kappa shape index (κ3) is 4.15. The van der Waals surface area contributed by atoms with Crippen molar-refractivity contribution in [2.75, 3.05) is 5.32 Å². The first kappa shape index (κ1) is 16.2. The van der Waals surface area contributed by atoms with Crippen molar-refractivity contribution >= 4 is 28.8 Å². The molecule has 0 spiro atoms. The first-order valence-electron chi connectivity index (χ1n) is 7.03. The normalized spacial score (nSPS) is 12.4. The second-order valence-corrected chi connectivity index (χ2v) is 5.40. The minimum absolute atomic E-state index is 0.547. The van der Waals surface area contributed by atoms with E-state index in [0.29, 0.717) is 10.8 Å². The molecule has 0 bridgehead atoms. The fraction of sp³-hybridized carbons (Fsp3) is 0.235. The fourth-order valence-electron chi connectivity index (χ4n) is 1.80. The molecule has 2 rings (SSSR count). The number of aliphatic imine (C=N–C) groups is 1. The SMILES string of the molecule is C/C=C(/C)N=C(C)c1cnc(Nc2ccc(C)nc2)c(Cl)c1. The Morgan fingerprint density at radius 3 is 2.59 bits per heavy atom. The van der Waals surface area contributed by atoms with E-state index >= 15 is 0 Å². The van der Waals surface area contributed by atoms with Gasteiger partial charge in [0.05, 0.1) is 16.9 Å². The van der Waals surface area contributed by atoms with E-state index in [0.717, 1.165) is 28.4 Å². The van der Waals surface area contributed by atoms with Crippen molar-refractivity contribution < 1.29 is 0 Å². The van der Waals surface area contributed by atoms with Gasteiger partial charge < -0.3 is 5.32 Å². The molecule has 0 aliphatic heterocycles. The van der Waals surface area contributed by atoms with Crippen molar-refractivity contribution in [2.24, 2.45) is 4.99 Å². The van der Waals surface area contributed by atoms with Crippen LogP contribution in [-0.4, -0.2) is 15.7 Å². The molecule has 0 aromatic carbocycles. The molecular formula is C17H19ClN4. The summed E-state index contributed by atoms with van der Waals surface area (Å²) in [4.78, 5) is 13.1. The van der Waals surface area contributed by atoms with Crippen LogP contribution in [0.2, 0.25) is 5.02 Å². The van der Waals surface area contributed by atoms with Gasteiger partial charge in [-0.05, 0) is 45.9 Å². The highest BCUT2D eigenvalue weighted by molar-refractivity contribution is 6.33. The molecule has 2 aromatic heterocycles. The summed E-state index contributed by atoms with van der Waals surface area (Å²) < 4.78 is 0. The fourth-order valence-corrected chi connectivity index (χ4v) is 2.01. The van der Waals surface area contributed by atoms with E-state index in [-0.39, 0.29) is 0 Å². The Morgan fingerprint density at radius 1 is 1.23 bits per heavy atom. The summed E-state index contributed by atoms with van der Waals surface area (Å²) in [6.07, 6.45) is 5.47. The maximum absolute atomic E-state index is 6.31. The van der Waals surface area contributed by atoms with E-state index < -0.39 is 0 Å². The molecule has 0 saturated carbocycles. The summed E-state index contributed by atoms with van der Waals surface area (Å²) in [6, 6.07) is 5.73. The van der Waals surface area contributed by atoms with Gasteiger partial charge in [0.1, 0.15) is 5.82 Å². The van der Waals surface area contributed by atoms with Crippen LogP contribution in [0.3, 0.4) is 0 Å². The summed E-state index contributed by atoms with van der Waals surface area (Å²) in [5, 5.41) is 3.71. The number of hydrogen-bond acceptors (Lipinski definition) is 4. The van der Waals surface area contributed by atoms with Gasteiger partial charge in [-0.1, -0.05) is 17.7 Å². The van der Waals surface area contributed by atoms with E-state index in [4.69, 9.17) is 11.6 Å². The summed E-state index contributed by atoms with van der Waals surface area (Å²) in [6.45, 7) is 7.80. The molecule has 2 aromatic rings. The average Bonchev–Trinajstić information content (AvgIpc) is 2.51. The smallest absolute Gasteiger partial charge is 0.149 e. The predicted octanol–water partition coefficient (Wildman–Crippen LogP) is 4.91. The van der Waals surface area contributed by atoms with Crippen LogP contribution in [0.5, 0.6) is 0 Å². The molecule has 0 amide bonds. The van der Waals surface area contributed by atoms with Crippen molar-refractivity contribution in [3.05, 3.63) is 58.6 Å². The number of nitrogens with zero attached hydrogens (tertiary/aromatic N) is 3. The zero-order chi connectivity index (χ0) is 16.1. The third-order valence-electron chi connectivity index (χ3n) is 3.19. The van der Waals surface area contributed by atoms with Crippen LogP contribution in [0.15, 0.2) is 47.4 Å². The predicted molar refractivity (Wildman–Crippen MR) is 93.1 cm³/mol. The molecule has 0 unspecified atom stereocenters. The second-order valence-electron chi connectivity index (χ2n) is 4.99. The maximum Gasteiger partial charge on any atom is 0.149 e. The van der Waals surface area contributed by atoms with Crippen molar-refractivity contribution in [2.45, 2.75) is 27.7 Å². The molecule has 0 aliphatic rings. The standard InChI is InChI=1S/C17H19ClN4/c1-5-11(2)21-13(4)14-8-16(18)17(20-9-14)22-15-7-6-12(3)19-10-15/h5-10H,1-4H3,(H,20,22)/b11-5-,21-13?. The van der Waals surface area contributed by atoms with Crippen LogP contribution in [0, 0.1) is 6.92 Å². The molecule has 5 heteroatoms. The van der Waals surface area contributed by atoms with Gasteiger partial charge in [-0.15, -0.1) is 0 Å². The van der Waals surface area contributed by atoms with Crippen molar-refractivity contribution in [1.82, 2.24) is 9.97 Å². The van der Waals surface area contributed by atoms with Crippen molar-refractivity contribution in [1.29, 1.82) is 0 Å². The summed E-state index contributed by atoms with van der Waals surface area (Å²) in [5.41, 5.74) is 4.56. The van der Waals surface area contributed by atoms with Gasteiger partial charge in [0, 0.05) is 28.9 Å². The Bertz CT molecular complexity index is 718. The number of pyridine rings is 2. The zero-order valence-electron chi connectivity index (χ0n) is 13.2. The average molecular weight is 315 g/mol. The number of anilines is 2. The largest absolute Gasteiger partial charge is 0.338 e. The lowest BCUT2D eigenvalue weighted by Gasteiger charge is -2.09. The van der Waals surface area contributed by atoms with Crippen molar-refractivity contribution in [3.8, 4) is 0 Å². The molecular weight excluding hydrogens is 296 g/mol. The minimum atomic E-state index is 0.547. The van der Waals surface area contributed by atoms with Gasteiger partial charge >= 0.3 is 0 Å². The van der Waals surface area contributed by atoms with E-state index in [1.807, 2.05) is 52.0 Å². The minimum Gasteiger partial charge on any atom is -0.338 e. The number of allylic oxidation sites excluding steroid dienone is 2. The highest BCUT2D eigenvalue weighted by Gasteiger charge is 2.06. The number of rotatable bonds is 4. The molecule has 0 saturated heterocycles. The molecule has 0 atom stereocenters. The molecule has 1 N–H and O–H groups in total. The highest BCUT2D eigenvalue weighted by atomic mass is 35.5. The van der Waals surface area contributed by atoms with Gasteiger partial charge in [0.25, 0.3) is 0 Å². The van der Waals surface area contributed by atoms with E-state index in [2.05, 4.69) is 20.3 Å². The maximum atomic E-state index is 6.31. The third-order valence-corrected chi connectivity index (χ3v) is 3.48. The van der Waals surface area contributed by atoms with E-state index in [1.54, 1.807) is 12.4 Å². The molecule has 22 heavy (non-hydrogen) atoms. The Balaban J connectivity index is 2.23. The monoisotopic (exact) mass is 314 g/mol. The van der Waals surface area contributed by atoms with Crippen molar-refractivity contribution in [3.63, 3.8) is 0 Å². The summed E-state index contributed by atoms with van der Waals surface area (Å²) >= 11 is 6.31. The lowest BCUT2D eigenvalue weighted by Crippen LogP contribution is -2.00. The molecule has 0 fully saturated rings. The first-order valence-corrected chi connectivity index (χ1v) is 7.41. The Labute approximate surface area is 136 Å². The second kappa shape index (κ2) is 7.18. The Hall–Kier alpha value is -2.20. The van der Waals surface area contributed by atoms with Crippen LogP contribution in [0.4, 0.5) is 11.5 Å². The summed E-state index contributed by atoms with van der Waals surface area (Å²) in [5.74, 6) is 0.603. The number of aryl methyl sites for hydroxylation is 1. The van der Waals surface area contributed by atoms with Crippen LogP contribution >= 0.6 is 11.6 Å². The van der Waals surface area contributed by atoms with E-state index in [9.17, 15) is 0 Å². The van der Waals surface area contributed by atoms with E-state index in [1.165, 1.54) is 0 Å². The van der Waals surface area contributed by atoms with Gasteiger partial charge in [0.15, 0.2) is 0 Å². The number of nitrogens with one attached hydrogen (secondary N) is 1. The molecule has 4 nitrogen and oxygen atoms in total.